The van der Waals surface area contributed by atoms with Gasteiger partial charge in [0.25, 0.3) is 5.91 Å². The van der Waals surface area contributed by atoms with Gasteiger partial charge in [0.05, 0.1) is 6.34 Å². The number of hydrogen-bond donors (Lipinski definition) is 3. The van der Waals surface area contributed by atoms with Crippen LogP contribution in [0.4, 0.5) is 0 Å². The molecule has 32 heavy (non-hydrogen) atoms. The SMILES string of the molecule is C=C(/C=C\C=C(/C)C(=N)N(C=N)C(C)C)NC(=O)c1cc2c(cn1)CCN(CC(C)C)C2.[HH]. The Morgan fingerprint density at radius 2 is 2.09 bits per heavy atom. The number of aromatic nitrogens is 1. The van der Waals surface area contributed by atoms with E-state index in [1.165, 1.54) is 5.56 Å². The second-order valence-corrected chi connectivity index (χ2v) is 8.88. The summed E-state index contributed by atoms with van der Waals surface area (Å²) in [6.07, 6.45) is 9.11. The topological polar surface area (TPSA) is 96.2 Å². The van der Waals surface area contributed by atoms with Gasteiger partial charge in [0.1, 0.15) is 11.5 Å². The van der Waals surface area contributed by atoms with E-state index in [0.717, 1.165) is 38.0 Å². The van der Waals surface area contributed by atoms with Crippen molar-refractivity contribution in [3.8, 4) is 0 Å². The number of fused-ring (bicyclic) bond motifs is 1. The zero-order chi connectivity index (χ0) is 23.8. The number of rotatable bonds is 9. The minimum atomic E-state index is -0.285. The lowest BCUT2D eigenvalue weighted by molar-refractivity contribution is 0.0962. The van der Waals surface area contributed by atoms with Gasteiger partial charge in [-0.3, -0.25) is 25.5 Å². The predicted molar refractivity (Wildman–Crippen MR) is 133 cm³/mol. The molecule has 3 N–H and O–H groups in total. The molecule has 0 aromatic carbocycles. The van der Waals surface area contributed by atoms with E-state index in [-0.39, 0.29) is 19.2 Å². The average molecular weight is 439 g/mol. The quantitative estimate of drug-likeness (QED) is 0.303. The molecule has 1 aromatic rings. The summed E-state index contributed by atoms with van der Waals surface area (Å²) in [6.45, 7) is 16.9. The van der Waals surface area contributed by atoms with Gasteiger partial charge < -0.3 is 10.2 Å². The molecule has 0 aliphatic carbocycles. The van der Waals surface area contributed by atoms with Crippen LogP contribution >= 0.6 is 0 Å². The fourth-order valence-corrected chi connectivity index (χ4v) is 3.61. The number of amidine groups is 1. The fraction of sp³-hybridized carbons (Fsp3) is 0.440. The van der Waals surface area contributed by atoms with Gasteiger partial charge in [0.15, 0.2) is 0 Å². The molecule has 0 atom stereocenters. The van der Waals surface area contributed by atoms with Gasteiger partial charge in [-0.25, -0.2) is 0 Å². The molecule has 0 radical (unpaired) electrons. The Hall–Kier alpha value is -3.06. The van der Waals surface area contributed by atoms with Gasteiger partial charge in [-0.05, 0) is 62.0 Å². The van der Waals surface area contributed by atoms with Gasteiger partial charge in [0, 0.05) is 39.0 Å². The van der Waals surface area contributed by atoms with Crippen LogP contribution in [0.15, 0.2) is 48.3 Å². The van der Waals surface area contributed by atoms with Crippen LogP contribution in [0, 0.1) is 16.7 Å². The zero-order valence-corrected chi connectivity index (χ0v) is 19.9. The van der Waals surface area contributed by atoms with E-state index in [4.69, 9.17) is 10.8 Å². The molecule has 1 aliphatic heterocycles. The molecular formula is C25H38N6O. The molecule has 7 nitrogen and oxygen atoms in total. The largest absolute Gasteiger partial charge is 0.321 e. The van der Waals surface area contributed by atoms with Gasteiger partial charge in [0.2, 0.25) is 0 Å². The molecule has 0 unspecified atom stereocenters. The predicted octanol–water partition coefficient (Wildman–Crippen LogP) is 4.38. The number of nitrogens with one attached hydrogen (secondary N) is 3. The van der Waals surface area contributed by atoms with Gasteiger partial charge in [-0.15, -0.1) is 0 Å². The Kier molecular flexibility index (Phi) is 9.08. The summed E-state index contributed by atoms with van der Waals surface area (Å²) in [6, 6.07) is 1.92. The first kappa shape index (κ1) is 25.2. The first-order valence-electron chi connectivity index (χ1n) is 11.1. The number of hydrogen-bond acceptors (Lipinski definition) is 5. The summed E-state index contributed by atoms with van der Waals surface area (Å²) >= 11 is 0. The van der Waals surface area contributed by atoms with Crippen LogP contribution in [-0.2, 0) is 13.0 Å². The van der Waals surface area contributed by atoms with E-state index in [9.17, 15) is 4.79 Å². The van der Waals surface area contributed by atoms with Crippen LogP contribution in [0.1, 0.15) is 57.7 Å². The van der Waals surface area contributed by atoms with Crippen molar-refractivity contribution in [1.82, 2.24) is 20.1 Å². The second kappa shape index (κ2) is 11.5. The summed E-state index contributed by atoms with van der Waals surface area (Å²) in [5.74, 6) is 0.585. The lowest BCUT2D eigenvalue weighted by atomic mass is 10.00. The van der Waals surface area contributed by atoms with Crippen LogP contribution < -0.4 is 5.32 Å². The maximum Gasteiger partial charge on any atom is 0.274 e. The van der Waals surface area contributed by atoms with Crippen molar-refractivity contribution in [2.75, 3.05) is 13.1 Å². The number of amides is 1. The molecule has 7 heteroatoms. The number of allylic oxidation sites excluding steroid dienone is 3. The molecule has 0 saturated carbocycles. The Morgan fingerprint density at radius 3 is 2.72 bits per heavy atom. The molecule has 0 bridgehead atoms. The third-order valence-corrected chi connectivity index (χ3v) is 5.28. The van der Waals surface area contributed by atoms with Crippen LogP contribution in [0.3, 0.4) is 0 Å². The third kappa shape index (κ3) is 6.99. The van der Waals surface area contributed by atoms with Crippen LogP contribution in [0.25, 0.3) is 0 Å². The molecule has 2 heterocycles. The Labute approximate surface area is 193 Å². The van der Waals surface area contributed by atoms with E-state index in [1.54, 1.807) is 23.1 Å². The number of carbonyl (C=O) groups excluding carboxylic acids is 1. The summed E-state index contributed by atoms with van der Waals surface area (Å²) in [5, 5.41) is 18.4. The Balaban J connectivity index is 0.00000544. The maximum absolute atomic E-state index is 12.6. The van der Waals surface area contributed by atoms with Gasteiger partial charge in [-0.1, -0.05) is 32.6 Å². The molecule has 0 fully saturated rings. The summed E-state index contributed by atoms with van der Waals surface area (Å²) in [7, 11) is 0. The third-order valence-electron chi connectivity index (χ3n) is 5.28. The molecule has 1 aliphatic rings. The highest BCUT2D eigenvalue weighted by Gasteiger charge is 2.19. The fourth-order valence-electron chi connectivity index (χ4n) is 3.61. The maximum atomic E-state index is 12.6. The van der Waals surface area contributed by atoms with E-state index >= 15 is 0 Å². The van der Waals surface area contributed by atoms with Crippen LogP contribution in [-0.4, -0.2) is 52.0 Å². The van der Waals surface area contributed by atoms with Crippen molar-refractivity contribution >= 4 is 18.1 Å². The monoisotopic (exact) mass is 438 g/mol. The van der Waals surface area contributed by atoms with Gasteiger partial charge >= 0.3 is 0 Å². The molecular weight excluding hydrogens is 400 g/mol. The van der Waals surface area contributed by atoms with Crippen LogP contribution in [0.5, 0.6) is 0 Å². The number of pyridine rings is 1. The van der Waals surface area contributed by atoms with Crippen molar-refractivity contribution in [1.29, 1.82) is 10.8 Å². The normalized spacial score (nSPS) is 14.5. The smallest absolute Gasteiger partial charge is 0.274 e. The zero-order valence-electron chi connectivity index (χ0n) is 19.9. The Bertz CT molecular complexity index is 935. The number of nitrogens with zero attached hydrogens (tertiary/aromatic N) is 3. The first-order chi connectivity index (χ1) is 15.1. The Morgan fingerprint density at radius 1 is 1.38 bits per heavy atom. The standard InChI is InChI=1S/C25H36N6O.H2/c1-17(2)14-30-11-10-21-13-28-23(12-22(21)15-30)25(32)29-20(6)9-7-8-19(5)24(27)31(16-26)18(3)4;/h7-9,12-13,16-18,26-27H,6,10-11,14-15H2,1-5H3,(H,29,32);1H/b9-7-,19-8+,26-16?,27-24?;. The molecule has 1 aromatic heterocycles. The highest BCUT2D eigenvalue weighted by atomic mass is 16.1. The van der Waals surface area contributed by atoms with Crippen molar-refractivity contribution in [2.24, 2.45) is 5.92 Å². The minimum absolute atomic E-state index is 0. The van der Waals surface area contributed by atoms with E-state index in [2.05, 4.69) is 35.6 Å². The average Bonchev–Trinajstić information content (AvgIpc) is 2.72. The van der Waals surface area contributed by atoms with E-state index in [1.807, 2.05) is 33.0 Å². The molecule has 0 saturated heterocycles. The molecule has 174 valence electrons. The van der Waals surface area contributed by atoms with Crippen LogP contribution in [0.2, 0.25) is 0 Å². The molecule has 1 amide bonds. The summed E-state index contributed by atoms with van der Waals surface area (Å²) < 4.78 is 0. The van der Waals surface area contributed by atoms with E-state index < -0.39 is 0 Å². The molecule has 0 spiro atoms. The highest BCUT2D eigenvalue weighted by molar-refractivity contribution is 6.01. The van der Waals surface area contributed by atoms with Gasteiger partial charge in [-0.2, -0.15) is 0 Å². The van der Waals surface area contributed by atoms with Crippen molar-refractivity contribution in [3.05, 3.63) is 65.2 Å². The van der Waals surface area contributed by atoms with Crippen molar-refractivity contribution in [3.63, 3.8) is 0 Å². The van der Waals surface area contributed by atoms with E-state index in [0.29, 0.717) is 22.9 Å². The minimum Gasteiger partial charge on any atom is -0.321 e. The van der Waals surface area contributed by atoms with Crippen molar-refractivity contribution < 1.29 is 6.22 Å². The summed E-state index contributed by atoms with van der Waals surface area (Å²) in [4.78, 5) is 21.0. The molecule has 2 rings (SSSR count). The summed E-state index contributed by atoms with van der Waals surface area (Å²) in [5.41, 5.74) is 3.91. The van der Waals surface area contributed by atoms with Crippen molar-refractivity contribution in [2.45, 2.75) is 53.6 Å². The number of carbonyl (C=O) groups is 1. The lowest BCUT2D eigenvalue weighted by Gasteiger charge is -2.30. The lowest BCUT2D eigenvalue weighted by Crippen LogP contribution is -2.35. The second-order valence-electron chi connectivity index (χ2n) is 8.88. The first-order valence-corrected chi connectivity index (χ1v) is 11.1. The highest BCUT2D eigenvalue weighted by Crippen LogP contribution is 2.20.